The molecule has 0 atom stereocenters. The molecule has 3 heterocycles. The average Bonchev–Trinajstić information content (AvgIpc) is 3.46. The molecule has 0 bridgehead atoms. The Balaban J connectivity index is 1.28. The van der Waals surface area contributed by atoms with E-state index >= 15 is 0 Å². The van der Waals surface area contributed by atoms with Crippen LogP contribution in [-0.2, 0) is 12.7 Å². The van der Waals surface area contributed by atoms with Gasteiger partial charge in [0, 0.05) is 40.9 Å². The van der Waals surface area contributed by atoms with E-state index in [0.29, 0.717) is 12.1 Å². The second-order valence-corrected chi connectivity index (χ2v) is 8.89. The molecule has 1 saturated heterocycles. The minimum Gasteiger partial charge on any atom is -0.344 e. The fourth-order valence-electron chi connectivity index (χ4n) is 4.49. The van der Waals surface area contributed by atoms with Gasteiger partial charge < -0.3 is 9.80 Å². The van der Waals surface area contributed by atoms with E-state index in [1.165, 1.54) is 32.0 Å². The zero-order valence-corrected chi connectivity index (χ0v) is 18.8. The molecule has 4 nitrogen and oxygen atoms in total. The fourth-order valence-corrected chi connectivity index (χ4v) is 4.78. The highest BCUT2D eigenvalue weighted by Crippen LogP contribution is 2.35. The zero-order chi connectivity index (χ0) is 23.0. The van der Waals surface area contributed by atoms with E-state index in [9.17, 15) is 13.2 Å². The summed E-state index contributed by atoms with van der Waals surface area (Å²) < 4.78 is 40.8. The van der Waals surface area contributed by atoms with Gasteiger partial charge in [0.2, 0.25) is 0 Å². The zero-order valence-electron chi connectivity index (χ0n) is 18.0. The first-order chi connectivity index (χ1) is 15.9. The second kappa shape index (κ2) is 8.88. The lowest BCUT2D eigenvalue weighted by atomic mass is 10.0. The topological polar surface area (TPSA) is 24.3 Å². The number of benzene rings is 2. The Morgan fingerprint density at radius 1 is 1.00 bits per heavy atom. The van der Waals surface area contributed by atoms with Crippen molar-refractivity contribution in [2.75, 3.05) is 31.1 Å². The van der Waals surface area contributed by atoms with Gasteiger partial charge in [-0.2, -0.15) is 18.3 Å². The third-order valence-corrected chi connectivity index (χ3v) is 6.65. The number of aromatic nitrogens is 2. The lowest BCUT2D eigenvalue weighted by Crippen LogP contribution is -2.24. The van der Waals surface area contributed by atoms with Crippen LogP contribution in [0, 0.1) is 0 Å². The third-order valence-electron chi connectivity index (χ3n) is 6.33. The van der Waals surface area contributed by atoms with Crippen LogP contribution in [0.3, 0.4) is 0 Å². The Morgan fingerprint density at radius 3 is 2.52 bits per heavy atom. The molecule has 3 aromatic rings. The number of hydrogen-bond donors (Lipinski definition) is 0. The molecule has 0 amide bonds. The summed E-state index contributed by atoms with van der Waals surface area (Å²) in [7, 11) is 0. The van der Waals surface area contributed by atoms with Gasteiger partial charge >= 0.3 is 6.18 Å². The summed E-state index contributed by atoms with van der Waals surface area (Å²) in [5.74, 6) is 0. The number of alkyl halides is 3. The van der Waals surface area contributed by atoms with E-state index < -0.39 is 11.7 Å². The largest absolute Gasteiger partial charge is 0.416 e. The average molecular weight is 473 g/mol. The van der Waals surface area contributed by atoms with Gasteiger partial charge in [0.1, 0.15) is 0 Å². The molecule has 2 aromatic carbocycles. The molecule has 0 saturated carbocycles. The van der Waals surface area contributed by atoms with E-state index in [4.69, 9.17) is 11.6 Å². The van der Waals surface area contributed by atoms with Gasteiger partial charge in [-0.25, -0.2) is 0 Å². The van der Waals surface area contributed by atoms with Crippen molar-refractivity contribution in [2.24, 2.45) is 0 Å². The standard InChI is InChI=1S/C25H24ClF3N4/c26-23-16-20(25(27,28)29)3-5-22(23)18-7-11-32(12-8-18)21-4-6-24-19(15-21)17-30-33(24)14-13-31-9-1-2-10-31/h3-8,11,15-17H,1-2,9-10,12-14H2. The number of halogens is 4. The molecule has 172 valence electrons. The first-order valence-corrected chi connectivity index (χ1v) is 11.5. The van der Waals surface area contributed by atoms with Crippen LogP contribution in [0.5, 0.6) is 0 Å². The molecule has 2 aliphatic rings. The lowest BCUT2D eigenvalue weighted by molar-refractivity contribution is -0.137. The van der Waals surface area contributed by atoms with E-state index in [2.05, 4.69) is 37.8 Å². The van der Waals surface area contributed by atoms with E-state index in [1.54, 1.807) is 0 Å². The quantitative estimate of drug-likeness (QED) is 0.440. The monoisotopic (exact) mass is 472 g/mol. The third kappa shape index (κ3) is 4.66. The highest BCUT2D eigenvalue weighted by Gasteiger charge is 2.31. The molecule has 2 aliphatic heterocycles. The number of hydrogen-bond acceptors (Lipinski definition) is 3. The van der Waals surface area contributed by atoms with Crippen LogP contribution in [0.2, 0.25) is 5.02 Å². The Hall–Kier alpha value is -2.77. The maximum atomic E-state index is 12.9. The van der Waals surface area contributed by atoms with Gasteiger partial charge in [-0.1, -0.05) is 23.7 Å². The van der Waals surface area contributed by atoms with Crippen molar-refractivity contribution in [1.82, 2.24) is 14.7 Å². The van der Waals surface area contributed by atoms with Gasteiger partial charge in [-0.05, 0) is 67.9 Å². The minimum absolute atomic E-state index is 0.0944. The molecule has 0 unspecified atom stereocenters. The number of allylic oxidation sites excluding steroid dienone is 2. The number of anilines is 1. The van der Waals surface area contributed by atoms with Crippen molar-refractivity contribution in [3.63, 3.8) is 0 Å². The minimum atomic E-state index is -4.41. The SMILES string of the molecule is FC(F)(F)c1ccc(C2=CCN(c3ccc4c(cnn4CCN4CCCC4)c3)C=C2)c(Cl)c1. The highest BCUT2D eigenvalue weighted by molar-refractivity contribution is 6.32. The van der Waals surface area contributed by atoms with Gasteiger partial charge in [-0.15, -0.1) is 0 Å². The molecular formula is C25H24ClF3N4. The highest BCUT2D eigenvalue weighted by atomic mass is 35.5. The van der Waals surface area contributed by atoms with E-state index in [0.717, 1.165) is 47.4 Å². The number of fused-ring (bicyclic) bond motifs is 1. The molecule has 0 spiro atoms. The van der Waals surface area contributed by atoms with Crippen LogP contribution in [-0.4, -0.2) is 40.9 Å². The summed E-state index contributed by atoms with van der Waals surface area (Å²) in [5.41, 5.74) is 2.81. The summed E-state index contributed by atoms with van der Waals surface area (Å²) in [5, 5.41) is 5.76. The summed E-state index contributed by atoms with van der Waals surface area (Å²) in [6.07, 6.45) is 5.85. The van der Waals surface area contributed by atoms with Crippen LogP contribution < -0.4 is 4.90 Å². The molecule has 1 fully saturated rings. The molecule has 0 N–H and O–H groups in total. The Morgan fingerprint density at radius 2 is 1.82 bits per heavy atom. The molecule has 0 radical (unpaired) electrons. The Bertz CT molecular complexity index is 1220. The van der Waals surface area contributed by atoms with Gasteiger partial charge in [0.05, 0.1) is 23.8 Å². The lowest BCUT2D eigenvalue weighted by Gasteiger charge is -2.23. The summed E-state index contributed by atoms with van der Waals surface area (Å²) in [6.45, 7) is 4.85. The summed E-state index contributed by atoms with van der Waals surface area (Å²) in [4.78, 5) is 4.57. The van der Waals surface area contributed by atoms with Crippen molar-refractivity contribution in [2.45, 2.75) is 25.6 Å². The smallest absolute Gasteiger partial charge is 0.344 e. The van der Waals surface area contributed by atoms with Gasteiger partial charge in [0.15, 0.2) is 0 Å². The molecule has 5 rings (SSSR count). The maximum Gasteiger partial charge on any atom is 0.416 e. The first kappa shape index (κ1) is 22.0. The predicted molar refractivity (Wildman–Crippen MR) is 126 cm³/mol. The Kier molecular flexibility index (Phi) is 5.93. The van der Waals surface area contributed by atoms with Crippen LogP contribution in [0.1, 0.15) is 24.0 Å². The second-order valence-electron chi connectivity index (χ2n) is 8.48. The molecule has 1 aromatic heterocycles. The first-order valence-electron chi connectivity index (χ1n) is 11.1. The van der Waals surface area contributed by atoms with Crippen molar-refractivity contribution in [3.8, 4) is 0 Å². The number of rotatable bonds is 5. The van der Waals surface area contributed by atoms with Gasteiger partial charge in [0.25, 0.3) is 0 Å². The molecule has 0 aliphatic carbocycles. The molecule has 8 heteroatoms. The summed E-state index contributed by atoms with van der Waals surface area (Å²) in [6, 6.07) is 9.76. The normalized spacial score (nSPS) is 17.2. The fraction of sp³-hybridized carbons (Fsp3) is 0.320. The number of likely N-dealkylation sites (tertiary alicyclic amines) is 1. The van der Waals surface area contributed by atoms with Crippen LogP contribution >= 0.6 is 11.6 Å². The van der Waals surface area contributed by atoms with E-state index in [1.807, 2.05) is 24.5 Å². The molecule has 33 heavy (non-hydrogen) atoms. The van der Waals surface area contributed by atoms with Crippen molar-refractivity contribution < 1.29 is 13.2 Å². The predicted octanol–water partition coefficient (Wildman–Crippen LogP) is 6.22. The summed E-state index contributed by atoms with van der Waals surface area (Å²) >= 11 is 6.16. The van der Waals surface area contributed by atoms with Crippen molar-refractivity contribution in [3.05, 3.63) is 77.1 Å². The van der Waals surface area contributed by atoms with Crippen LogP contribution in [0.4, 0.5) is 18.9 Å². The Labute approximate surface area is 195 Å². The van der Waals surface area contributed by atoms with Crippen molar-refractivity contribution in [1.29, 1.82) is 0 Å². The molecular weight excluding hydrogens is 449 g/mol. The van der Waals surface area contributed by atoms with Crippen molar-refractivity contribution >= 4 is 33.8 Å². The van der Waals surface area contributed by atoms with Gasteiger partial charge in [-0.3, -0.25) is 4.68 Å². The maximum absolute atomic E-state index is 12.9. The van der Waals surface area contributed by atoms with Crippen LogP contribution in [0.15, 0.2) is 60.9 Å². The number of nitrogens with zero attached hydrogens (tertiary/aromatic N) is 4. The van der Waals surface area contributed by atoms with E-state index in [-0.39, 0.29) is 5.02 Å². The van der Waals surface area contributed by atoms with Crippen LogP contribution in [0.25, 0.3) is 16.5 Å².